The van der Waals surface area contributed by atoms with E-state index in [0.29, 0.717) is 17.7 Å². The number of hydrogen-bond acceptors (Lipinski definition) is 3. The van der Waals surface area contributed by atoms with Crippen LogP contribution in [0, 0.1) is 0 Å². The smallest absolute Gasteiger partial charge is 0.138 e. The summed E-state index contributed by atoms with van der Waals surface area (Å²) in [5, 5.41) is 4.21. The molecule has 0 amide bonds. The second-order valence-corrected chi connectivity index (χ2v) is 7.27. The second-order valence-electron chi connectivity index (χ2n) is 5.10. The van der Waals surface area contributed by atoms with Crippen molar-refractivity contribution in [1.29, 1.82) is 0 Å². The summed E-state index contributed by atoms with van der Waals surface area (Å²) in [5.41, 5.74) is 2.35. The van der Waals surface area contributed by atoms with Crippen LogP contribution in [-0.2, 0) is 6.42 Å². The minimum absolute atomic E-state index is 0.312. The monoisotopic (exact) mass is 341 g/mol. The normalized spacial score (nSPS) is 17.4. The van der Waals surface area contributed by atoms with E-state index in [0.717, 1.165) is 28.6 Å². The number of rotatable bonds is 4. The molecule has 2 aromatic rings. The van der Waals surface area contributed by atoms with Crippen LogP contribution in [-0.4, -0.2) is 6.61 Å². The highest BCUT2D eigenvalue weighted by Crippen LogP contribution is 2.40. The molecule has 1 heterocycles. The molecule has 1 unspecified atom stereocenters. The minimum atomic E-state index is 0.312. The molecule has 2 nitrogen and oxygen atoms in total. The third kappa shape index (κ3) is 3.31. The summed E-state index contributed by atoms with van der Waals surface area (Å²) in [6.07, 6.45) is 3.44. The van der Waals surface area contributed by atoms with Crippen molar-refractivity contribution in [3.63, 3.8) is 0 Å². The van der Waals surface area contributed by atoms with E-state index in [2.05, 4.69) is 11.4 Å². The predicted octanol–water partition coefficient (Wildman–Crippen LogP) is 5.94. The third-order valence-corrected chi connectivity index (χ3v) is 5.29. The molecule has 0 bridgehead atoms. The lowest BCUT2D eigenvalue weighted by Gasteiger charge is -2.25. The Kier molecular flexibility index (Phi) is 4.63. The molecule has 3 rings (SSSR count). The molecule has 1 aliphatic carbocycles. The molecule has 0 aliphatic heterocycles. The van der Waals surface area contributed by atoms with Crippen LogP contribution in [0.2, 0.25) is 9.36 Å². The molecule has 0 saturated heterocycles. The van der Waals surface area contributed by atoms with E-state index < -0.39 is 0 Å². The largest absolute Gasteiger partial charge is 0.492 e. The summed E-state index contributed by atoms with van der Waals surface area (Å²) in [7, 11) is 0. The Morgan fingerprint density at radius 1 is 1.33 bits per heavy atom. The van der Waals surface area contributed by atoms with Crippen LogP contribution in [0.25, 0.3) is 0 Å². The second kappa shape index (κ2) is 6.47. The van der Waals surface area contributed by atoms with Gasteiger partial charge in [0.25, 0.3) is 0 Å². The van der Waals surface area contributed by atoms with Crippen molar-refractivity contribution in [3.8, 4) is 5.75 Å². The van der Waals surface area contributed by atoms with Gasteiger partial charge >= 0.3 is 0 Å². The first-order valence-corrected chi connectivity index (χ1v) is 8.71. The first-order chi connectivity index (χ1) is 10.2. The van der Waals surface area contributed by atoms with Crippen molar-refractivity contribution in [1.82, 2.24) is 0 Å². The lowest BCUT2D eigenvalue weighted by molar-refractivity contribution is 0.340. The molecule has 5 heteroatoms. The van der Waals surface area contributed by atoms with E-state index >= 15 is 0 Å². The van der Waals surface area contributed by atoms with Crippen LogP contribution >= 0.6 is 34.5 Å². The number of aryl methyl sites for hydroxylation is 1. The fourth-order valence-electron chi connectivity index (χ4n) is 2.74. The highest BCUT2D eigenvalue weighted by molar-refractivity contribution is 7.16. The van der Waals surface area contributed by atoms with Gasteiger partial charge < -0.3 is 10.1 Å². The standard InChI is InChI=1S/C16H17Cl2NOS/c1-2-20-14-7-6-10(8-12(14)17)19-13-4-3-5-15-11(13)9-16(18)21-15/h6-9,13,19H,2-5H2,1H3. The van der Waals surface area contributed by atoms with Crippen LogP contribution in [0.1, 0.15) is 36.2 Å². The Balaban J connectivity index is 1.80. The average molecular weight is 342 g/mol. The SMILES string of the molecule is CCOc1ccc(NC2CCCc3sc(Cl)cc32)cc1Cl. The van der Waals surface area contributed by atoms with Gasteiger partial charge in [-0.1, -0.05) is 23.2 Å². The summed E-state index contributed by atoms with van der Waals surface area (Å²) in [6, 6.07) is 8.26. The van der Waals surface area contributed by atoms with Gasteiger partial charge in [-0.2, -0.15) is 0 Å². The zero-order valence-electron chi connectivity index (χ0n) is 11.8. The number of fused-ring (bicyclic) bond motifs is 1. The summed E-state index contributed by atoms with van der Waals surface area (Å²) >= 11 is 14.1. The Hall–Kier alpha value is -0.900. The van der Waals surface area contributed by atoms with Crippen LogP contribution < -0.4 is 10.1 Å². The van der Waals surface area contributed by atoms with E-state index in [1.807, 2.05) is 25.1 Å². The number of nitrogens with one attached hydrogen (secondary N) is 1. The molecule has 1 aromatic carbocycles. The number of halogens is 2. The number of thiophene rings is 1. The summed E-state index contributed by atoms with van der Waals surface area (Å²) < 4.78 is 6.34. The van der Waals surface area contributed by atoms with E-state index in [9.17, 15) is 0 Å². The Morgan fingerprint density at radius 2 is 2.19 bits per heavy atom. The molecule has 0 saturated carbocycles. The van der Waals surface area contributed by atoms with Gasteiger partial charge in [-0.05, 0) is 56.0 Å². The number of benzene rings is 1. The molecule has 112 valence electrons. The molecule has 1 aromatic heterocycles. The quantitative estimate of drug-likeness (QED) is 0.742. The maximum Gasteiger partial charge on any atom is 0.138 e. The van der Waals surface area contributed by atoms with Crippen molar-refractivity contribution in [2.24, 2.45) is 0 Å². The fourth-order valence-corrected chi connectivity index (χ4v) is 4.35. The van der Waals surface area contributed by atoms with E-state index in [-0.39, 0.29) is 0 Å². The summed E-state index contributed by atoms with van der Waals surface area (Å²) in [6.45, 7) is 2.57. The minimum Gasteiger partial charge on any atom is -0.492 e. The first-order valence-electron chi connectivity index (χ1n) is 7.14. The maximum atomic E-state index is 6.25. The van der Waals surface area contributed by atoms with Gasteiger partial charge in [0.2, 0.25) is 0 Å². The van der Waals surface area contributed by atoms with E-state index in [1.54, 1.807) is 11.3 Å². The van der Waals surface area contributed by atoms with Gasteiger partial charge in [0.05, 0.1) is 22.0 Å². The van der Waals surface area contributed by atoms with E-state index in [1.165, 1.54) is 16.9 Å². The molecule has 1 atom stereocenters. The van der Waals surface area contributed by atoms with Crippen LogP contribution in [0.4, 0.5) is 5.69 Å². The van der Waals surface area contributed by atoms with Gasteiger partial charge in [0, 0.05) is 10.6 Å². The van der Waals surface area contributed by atoms with Crippen molar-refractivity contribution in [2.75, 3.05) is 11.9 Å². The fraction of sp³-hybridized carbons (Fsp3) is 0.375. The molecule has 0 spiro atoms. The maximum absolute atomic E-state index is 6.25. The number of anilines is 1. The zero-order valence-corrected chi connectivity index (χ0v) is 14.1. The zero-order chi connectivity index (χ0) is 14.8. The summed E-state index contributed by atoms with van der Waals surface area (Å²) in [4.78, 5) is 1.40. The molecule has 1 N–H and O–H groups in total. The topological polar surface area (TPSA) is 21.3 Å². The van der Waals surface area contributed by atoms with Crippen molar-refractivity contribution in [3.05, 3.63) is 44.1 Å². The average Bonchev–Trinajstić information content (AvgIpc) is 2.83. The molecule has 1 aliphatic rings. The molecule has 0 radical (unpaired) electrons. The van der Waals surface area contributed by atoms with Gasteiger partial charge in [-0.15, -0.1) is 11.3 Å². The third-order valence-electron chi connectivity index (χ3n) is 3.66. The first kappa shape index (κ1) is 15.0. The highest BCUT2D eigenvalue weighted by Gasteiger charge is 2.22. The van der Waals surface area contributed by atoms with Gasteiger partial charge in [0.15, 0.2) is 0 Å². The van der Waals surface area contributed by atoms with Crippen molar-refractivity contribution >= 4 is 40.2 Å². The Labute approximate surface area is 139 Å². The Morgan fingerprint density at radius 3 is 2.95 bits per heavy atom. The van der Waals surface area contributed by atoms with Gasteiger partial charge in [-0.3, -0.25) is 0 Å². The molecular formula is C16H17Cl2NOS. The van der Waals surface area contributed by atoms with Gasteiger partial charge in [0.1, 0.15) is 5.75 Å². The molecular weight excluding hydrogens is 325 g/mol. The van der Waals surface area contributed by atoms with Crippen molar-refractivity contribution in [2.45, 2.75) is 32.2 Å². The Bertz CT molecular complexity index is 641. The van der Waals surface area contributed by atoms with Crippen LogP contribution in [0.3, 0.4) is 0 Å². The lowest BCUT2D eigenvalue weighted by Crippen LogP contribution is -2.15. The van der Waals surface area contributed by atoms with Crippen LogP contribution in [0.5, 0.6) is 5.75 Å². The van der Waals surface area contributed by atoms with E-state index in [4.69, 9.17) is 27.9 Å². The molecule has 0 fully saturated rings. The predicted molar refractivity (Wildman–Crippen MR) is 91.3 cm³/mol. The number of hydrogen-bond donors (Lipinski definition) is 1. The lowest BCUT2D eigenvalue weighted by atomic mass is 9.94. The number of ether oxygens (including phenoxy) is 1. The molecule has 21 heavy (non-hydrogen) atoms. The highest BCUT2D eigenvalue weighted by atomic mass is 35.5. The summed E-state index contributed by atoms with van der Waals surface area (Å²) in [5.74, 6) is 0.729. The van der Waals surface area contributed by atoms with Gasteiger partial charge in [-0.25, -0.2) is 0 Å². The van der Waals surface area contributed by atoms with Crippen molar-refractivity contribution < 1.29 is 4.74 Å². The van der Waals surface area contributed by atoms with Crippen LogP contribution in [0.15, 0.2) is 24.3 Å².